The van der Waals surface area contributed by atoms with Crippen molar-refractivity contribution in [3.63, 3.8) is 0 Å². The number of ether oxygens (including phenoxy) is 2. The number of anilines is 2. The predicted octanol–water partition coefficient (Wildman–Crippen LogP) is 2.03. The highest BCUT2D eigenvalue weighted by Crippen LogP contribution is 2.39. The van der Waals surface area contributed by atoms with Crippen molar-refractivity contribution in [3.8, 4) is 5.75 Å². The zero-order valence-corrected chi connectivity index (χ0v) is 13.3. The van der Waals surface area contributed by atoms with Crippen molar-refractivity contribution in [2.75, 3.05) is 18.6 Å². The van der Waals surface area contributed by atoms with Gasteiger partial charge in [0.2, 0.25) is 0 Å². The Balaban J connectivity index is 2.08. The van der Waals surface area contributed by atoms with Crippen LogP contribution < -0.4 is 15.4 Å². The molecule has 2 aromatic carbocycles. The van der Waals surface area contributed by atoms with Gasteiger partial charge in [0, 0.05) is 12.2 Å². The predicted molar refractivity (Wildman–Crippen MR) is 89.6 cm³/mol. The van der Waals surface area contributed by atoms with Gasteiger partial charge in [-0.1, -0.05) is 12.1 Å². The fourth-order valence-corrected chi connectivity index (χ4v) is 2.72. The molecular formula is C18H18N2O4. The van der Waals surface area contributed by atoms with E-state index in [1.165, 1.54) is 7.11 Å². The number of carbonyl (C=O) groups is 2. The minimum Gasteiger partial charge on any atom is -0.489 e. The quantitative estimate of drug-likeness (QED) is 0.684. The number of nitrogens with two attached hydrogens (primary N) is 1. The molecule has 0 bridgehead atoms. The van der Waals surface area contributed by atoms with Crippen LogP contribution in [0.1, 0.15) is 15.9 Å². The summed E-state index contributed by atoms with van der Waals surface area (Å²) >= 11 is 0. The Kier molecular flexibility index (Phi) is 4.48. The molecule has 6 heteroatoms. The molecule has 1 unspecified atom stereocenters. The second-order valence-electron chi connectivity index (χ2n) is 5.43. The summed E-state index contributed by atoms with van der Waals surface area (Å²) in [7, 11) is 1.33. The SMILES string of the molecule is COC(=O)c1ccc2c(c1)N(c1ccc(CN)cc1)C(C=O)CO2. The number of benzene rings is 2. The Morgan fingerprint density at radius 1 is 1.33 bits per heavy atom. The molecule has 1 aliphatic heterocycles. The normalized spacial score (nSPS) is 16.1. The molecule has 1 heterocycles. The molecule has 3 rings (SSSR count). The summed E-state index contributed by atoms with van der Waals surface area (Å²) in [4.78, 5) is 25.2. The number of nitrogens with zero attached hydrogens (tertiary/aromatic N) is 1. The van der Waals surface area contributed by atoms with Gasteiger partial charge in [0.15, 0.2) is 0 Å². The van der Waals surface area contributed by atoms with Crippen LogP contribution in [-0.2, 0) is 16.1 Å². The number of hydrogen-bond acceptors (Lipinski definition) is 6. The maximum atomic E-state index is 11.8. The summed E-state index contributed by atoms with van der Waals surface area (Å²) in [5, 5.41) is 0. The summed E-state index contributed by atoms with van der Waals surface area (Å²) in [6, 6.07) is 12.2. The van der Waals surface area contributed by atoms with Gasteiger partial charge in [0.05, 0.1) is 18.4 Å². The van der Waals surface area contributed by atoms with Gasteiger partial charge in [0.1, 0.15) is 24.7 Å². The zero-order valence-electron chi connectivity index (χ0n) is 13.3. The average Bonchev–Trinajstić information content (AvgIpc) is 2.66. The highest BCUT2D eigenvalue weighted by Gasteiger charge is 2.29. The Labute approximate surface area is 139 Å². The Bertz CT molecular complexity index is 758. The van der Waals surface area contributed by atoms with Crippen molar-refractivity contribution >= 4 is 23.6 Å². The minimum atomic E-state index is -0.478. The maximum Gasteiger partial charge on any atom is 0.337 e. The van der Waals surface area contributed by atoms with E-state index in [4.69, 9.17) is 15.2 Å². The summed E-state index contributed by atoms with van der Waals surface area (Å²) in [5.41, 5.74) is 8.52. The van der Waals surface area contributed by atoms with E-state index in [1.54, 1.807) is 18.2 Å². The highest BCUT2D eigenvalue weighted by atomic mass is 16.5. The number of esters is 1. The first-order valence-corrected chi connectivity index (χ1v) is 7.56. The number of fused-ring (bicyclic) bond motifs is 1. The van der Waals surface area contributed by atoms with E-state index in [9.17, 15) is 9.59 Å². The lowest BCUT2D eigenvalue weighted by Gasteiger charge is -2.36. The van der Waals surface area contributed by atoms with Gasteiger partial charge in [-0.2, -0.15) is 0 Å². The molecule has 2 aromatic rings. The van der Waals surface area contributed by atoms with Gasteiger partial charge >= 0.3 is 5.97 Å². The molecule has 0 aliphatic carbocycles. The number of aldehydes is 1. The Morgan fingerprint density at radius 3 is 2.71 bits per heavy atom. The molecule has 0 spiro atoms. The molecule has 2 N–H and O–H groups in total. The van der Waals surface area contributed by atoms with Gasteiger partial charge in [-0.15, -0.1) is 0 Å². The molecule has 124 valence electrons. The van der Waals surface area contributed by atoms with E-state index in [1.807, 2.05) is 29.2 Å². The standard InChI is InChI=1S/C18H18N2O4/c1-23-18(22)13-4-7-17-16(8-13)20(15(10-21)11-24-17)14-5-2-12(9-19)3-6-14/h2-8,10,15H,9,11,19H2,1H3. The Hall–Kier alpha value is -2.86. The van der Waals surface area contributed by atoms with Crippen LogP contribution in [0.5, 0.6) is 5.75 Å². The van der Waals surface area contributed by atoms with Crippen molar-refractivity contribution in [3.05, 3.63) is 53.6 Å². The molecule has 0 saturated carbocycles. The number of rotatable bonds is 4. The van der Waals surface area contributed by atoms with E-state index < -0.39 is 12.0 Å². The molecule has 0 amide bonds. The highest BCUT2D eigenvalue weighted by molar-refractivity contribution is 5.92. The summed E-state index contributed by atoms with van der Waals surface area (Å²) in [6.45, 7) is 0.691. The second-order valence-corrected chi connectivity index (χ2v) is 5.43. The molecule has 1 aliphatic rings. The third-order valence-corrected chi connectivity index (χ3v) is 3.99. The number of methoxy groups -OCH3 is 1. The lowest BCUT2D eigenvalue weighted by molar-refractivity contribution is -0.109. The van der Waals surface area contributed by atoms with E-state index >= 15 is 0 Å². The average molecular weight is 326 g/mol. The first-order valence-electron chi connectivity index (χ1n) is 7.56. The van der Waals surface area contributed by atoms with Crippen LogP contribution in [0.4, 0.5) is 11.4 Å². The van der Waals surface area contributed by atoms with Crippen LogP contribution in [0.3, 0.4) is 0 Å². The number of hydrogen-bond donors (Lipinski definition) is 1. The Morgan fingerprint density at radius 2 is 2.08 bits per heavy atom. The molecule has 0 saturated heterocycles. The first-order chi connectivity index (χ1) is 11.7. The molecule has 24 heavy (non-hydrogen) atoms. The summed E-state index contributed by atoms with van der Waals surface area (Å²) in [6.07, 6.45) is 0.838. The van der Waals surface area contributed by atoms with Crippen molar-refractivity contribution in [1.29, 1.82) is 0 Å². The van der Waals surface area contributed by atoms with Crippen molar-refractivity contribution in [2.24, 2.45) is 5.73 Å². The van der Waals surface area contributed by atoms with Gasteiger partial charge in [-0.3, -0.25) is 0 Å². The minimum absolute atomic E-state index is 0.243. The fraction of sp³-hybridized carbons (Fsp3) is 0.222. The van der Waals surface area contributed by atoms with Crippen molar-refractivity contribution in [2.45, 2.75) is 12.6 Å². The third kappa shape index (κ3) is 2.83. The largest absolute Gasteiger partial charge is 0.489 e. The van der Waals surface area contributed by atoms with Crippen LogP contribution in [0.15, 0.2) is 42.5 Å². The maximum absolute atomic E-state index is 11.8. The third-order valence-electron chi connectivity index (χ3n) is 3.99. The van der Waals surface area contributed by atoms with Gasteiger partial charge in [-0.25, -0.2) is 4.79 Å². The van der Waals surface area contributed by atoms with Gasteiger partial charge in [0.25, 0.3) is 0 Å². The van der Waals surface area contributed by atoms with Gasteiger partial charge < -0.3 is 24.9 Å². The number of carbonyl (C=O) groups excluding carboxylic acids is 2. The second kappa shape index (κ2) is 6.72. The van der Waals surface area contributed by atoms with Crippen LogP contribution in [0.25, 0.3) is 0 Å². The van der Waals surface area contributed by atoms with Crippen LogP contribution >= 0.6 is 0 Å². The van der Waals surface area contributed by atoms with E-state index in [0.29, 0.717) is 23.5 Å². The molecule has 1 atom stereocenters. The van der Waals surface area contributed by atoms with Crippen LogP contribution in [0, 0.1) is 0 Å². The molecule has 0 fully saturated rings. The van der Waals surface area contributed by atoms with Crippen molar-refractivity contribution < 1.29 is 19.1 Å². The molecular weight excluding hydrogens is 308 g/mol. The van der Waals surface area contributed by atoms with Gasteiger partial charge in [-0.05, 0) is 35.9 Å². The van der Waals surface area contributed by atoms with Crippen LogP contribution in [-0.4, -0.2) is 32.0 Å². The molecule has 0 radical (unpaired) electrons. The summed E-state index contributed by atoms with van der Waals surface area (Å²) in [5.74, 6) is 0.174. The lowest BCUT2D eigenvalue weighted by Crippen LogP contribution is -2.41. The smallest absolute Gasteiger partial charge is 0.337 e. The zero-order chi connectivity index (χ0) is 17.1. The lowest BCUT2D eigenvalue weighted by atomic mass is 10.1. The van der Waals surface area contributed by atoms with E-state index in [0.717, 1.165) is 17.5 Å². The van der Waals surface area contributed by atoms with E-state index in [-0.39, 0.29) is 6.61 Å². The first kappa shape index (κ1) is 16.0. The fourth-order valence-electron chi connectivity index (χ4n) is 2.72. The molecule has 0 aromatic heterocycles. The monoisotopic (exact) mass is 326 g/mol. The summed E-state index contributed by atoms with van der Waals surface area (Å²) < 4.78 is 10.4. The van der Waals surface area contributed by atoms with Crippen LogP contribution in [0.2, 0.25) is 0 Å². The van der Waals surface area contributed by atoms with Crippen molar-refractivity contribution in [1.82, 2.24) is 0 Å². The topological polar surface area (TPSA) is 81.9 Å². The molecule has 6 nitrogen and oxygen atoms in total. The van der Waals surface area contributed by atoms with E-state index in [2.05, 4.69) is 0 Å².